The first-order chi connectivity index (χ1) is 8.27. The van der Waals surface area contributed by atoms with E-state index >= 15 is 0 Å². The number of aryl methyl sites for hydroxylation is 1. The summed E-state index contributed by atoms with van der Waals surface area (Å²) in [5, 5.41) is 0. The number of nitrogen functional groups attached to an aromatic ring is 1. The summed E-state index contributed by atoms with van der Waals surface area (Å²) in [5.41, 5.74) is 8.90. The van der Waals surface area contributed by atoms with Crippen LogP contribution in [0.4, 0.5) is 5.95 Å². The van der Waals surface area contributed by atoms with E-state index in [1.807, 2.05) is 47.9 Å². The number of imidazole rings is 1. The molecule has 0 bridgehead atoms. The zero-order chi connectivity index (χ0) is 11.8. The first kappa shape index (κ1) is 9.84. The van der Waals surface area contributed by atoms with E-state index in [1.165, 1.54) is 0 Å². The molecule has 0 aliphatic rings. The van der Waals surface area contributed by atoms with E-state index in [2.05, 4.69) is 9.97 Å². The third-order valence-electron chi connectivity index (χ3n) is 2.78. The molecule has 4 heteroatoms. The van der Waals surface area contributed by atoms with Crippen molar-refractivity contribution in [2.24, 2.45) is 0 Å². The summed E-state index contributed by atoms with van der Waals surface area (Å²) in [4.78, 5) is 8.71. The lowest BCUT2D eigenvalue weighted by Crippen LogP contribution is -2.04. The Balaban J connectivity index is 2.38. The number of hydrogen-bond acceptors (Lipinski definition) is 3. The van der Waals surface area contributed by atoms with Gasteiger partial charge in [-0.25, -0.2) is 9.97 Å². The SMILES string of the molecule is Cc1cccnc1-n1c(N)nc2ccccc21. The highest BCUT2D eigenvalue weighted by Gasteiger charge is 2.11. The van der Waals surface area contributed by atoms with E-state index in [-0.39, 0.29) is 0 Å². The molecule has 0 aliphatic heterocycles. The van der Waals surface area contributed by atoms with Gasteiger partial charge >= 0.3 is 0 Å². The molecule has 0 atom stereocenters. The average Bonchev–Trinajstić information content (AvgIpc) is 2.66. The molecule has 0 saturated carbocycles. The minimum atomic E-state index is 0.466. The molecule has 84 valence electrons. The Bertz CT molecular complexity index is 685. The molecule has 0 saturated heterocycles. The van der Waals surface area contributed by atoms with Gasteiger partial charge in [0.2, 0.25) is 5.95 Å². The fourth-order valence-electron chi connectivity index (χ4n) is 1.98. The van der Waals surface area contributed by atoms with Crippen molar-refractivity contribution in [1.29, 1.82) is 0 Å². The lowest BCUT2D eigenvalue weighted by atomic mass is 10.2. The van der Waals surface area contributed by atoms with Gasteiger partial charge in [-0.1, -0.05) is 18.2 Å². The van der Waals surface area contributed by atoms with Crippen LogP contribution in [0.25, 0.3) is 16.9 Å². The molecule has 1 aromatic carbocycles. The maximum atomic E-state index is 5.97. The smallest absolute Gasteiger partial charge is 0.207 e. The van der Waals surface area contributed by atoms with Gasteiger partial charge in [0.1, 0.15) is 5.82 Å². The summed E-state index contributed by atoms with van der Waals surface area (Å²) in [7, 11) is 0. The third kappa shape index (κ3) is 1.45. The fourth-order valence-corrected chi connectivity index (χ4v) is 1.98. The highest BCUT2D eigenvalue weighted by Crippen LogP contribution is 2.22. The summed E-state index contributed by atoms with van der Waals surface area (Å²) in [6.45, 7) is 2.01. The first-order valence-corrected chi connectivity index (χ1v) is 5.42. The molecule has 0 aliphatic carbocycles. The van der Waals surface area contributed by atoms with Crippen LogP contribution >= 0.6 is 0 Å². The number of aromatic nitrogens is 3. The van der Waals surface area contributed by atoms with Gasteiger partial charge in [-0.05, 0) is 30.7 Å². The number of rotatable bonds is 1. The van der Waals surface area contributed by atoms with Crippen LogP contribution in [0.2, 0.25) is 0 Å². The van der Waals surface area contributed by atoms with Gasteiger partial charge in [-0.3, -0.25) is 4.57 Å². The summed E-state index contributed by atoms with van der Waals surface area (Å²) >= 11 is 0. The monoisotopic (exact) mass is 224 g/mol. The van der Waals surface area contributed by atoms with Crippen molar-refractivity contribution in [3.05, 3.63) is 48.2 Å². The number of nitrogens with two attached hydrogens (primary N) is 1. The van der Waals surface area contributed by atoms with Gasteiger partial charge in [0.15, 0.2) is 0 Å². The van der Waals surface area contributed by atoms with Gasteiger partial charge in [0, 0.05) is 6.20 Å². The molecule has 0 radical (unpaired) electrons. The van der Waals surface area contributed by atoms with Crippen molar-refractivity contribution in [3.63, 3.8) is 0 Å². The highest BCUT2D eigenvalue weighted by molar-refractivity contribution is 5.80. The molecule has 4 nitrogen and oxygen atoms in total. The predicted octanol–water partition coefficient (Wildman–Crippen LogP) is 2.31. The molecule has 2 aromatic heterocycles. The molecule has 3 rings (SSSR count). The van der Waals surface area contributed by atoms with Crippen molar-refractivity contribution in [2.75, 3.05) is 5.73 Å². The molecule has 0 fully saturated rings. The molecular weight excluding hydrogens is 212 g/mol. The van der Waals surface area contributed by atoms with E-state index in [0.29, 0.717) is 5.95 Å². The third-order valence-corrected chi connectivity index (χ3v) is 2.78. The van der Waals surface area contributed by atoms with Crippen LogP contribution in [0.5, 0.6) is 0 Å². The van der Waals surface area contributed by atoms with Crippen LogP contribution in [-0.2, 0) is 0 Å². The van der Waals surface area contributed by atoms with E-state index in [0.717, 1.165) is 22.4 Å². The molecule has 2 heterocycles. The van der Waals surface area contributed by atoms with Gasteiger partial charge in [-0.2, -0.15) is 0 Å². The summed E-state index contributed by atoms with van der Waals surface area (Å²) in [6, 6.07) is 11.8. The Morgan fingerprint density at radius 1 is 1.12 bits per heavy atom. The molecule has 0 amide bonds. The minimum Gasteiger partial charge on any atom is -0.369 e. The van der Waals surface area contributed by atoms with Crippen LogP contribution in [0.15, 0.2) is 42.6 Å². The molecule has 3 aromatic rings. The normalized spacial score (nSPS) is 10.9. The van der Waals surface area contributed by atoms with Crippen LogP contribution in [-0.4, -0.2) is 14.5 Å². The summed E-state index contributed by atoms with van der Waals surface area (Å²) in [5.74, 6) is 1.30. The zero-order valence-electron chi connectivity index (χ0n) is 9.46. The minimum absolute atomic E-state index is 0.466. The number of benzene rings is 1. The number of nitrogens with zero attached hydrogens (tertiary/aromatic N) is 3. The summed E-state index contributed by atoms with van der Waals surface area (Å²) in [6.07, 6.45) is 1.76. The Kier molecular flexibility index (Phi) is 2.08. The fraction of sp³-hybridized carbons (Fsp3) is 0.0769. The van der Waals surface area contributed by atoms with Gasteiger partial charge in [0.25, 0.3) is 0 Å². The number of pyridine rings is 1. The topological polar surface area (TPSA) is 56.7 Å². The molecule has 0 spiro atoms. The number of fused-ring (bicyclic) bond motifs is 1. The van der Waals surface area contributed by atoms with Crippen molar-refractivity contribution >= 4 is 17.0 Å². The molecular formula is C13H12N4. The molecule has 0 unspecified atom stereocenters. The van der Waals surface area contributed by atoms with Crippen molar-refractivity contribution in [3.8, 4) is 5.82 Å². The van der Waals surface area contributed by atoms with Crippen LogP contribution < -0.4 is 5.73 Å². The number of para-hydroxylation sites is 2. The van der Waals surface area contributed by atoms with E-state index in [9.17, 15) is 0 Å². The number of hydrogen-bond donors (Lipinski definition) is 1. The Labute approximate surface area is 98.7 Å². The standard InChI is InChI=1S/C13H12N4/c1-9-5-4-8-15-12(9)17-11-7-3-2-6-10(11)16-13(17)14/h2-8H,1H3,(H2,14,16). The van der Waals surface area contributed by atoms with Crippen LogP contribution in [0.1, 0.15) is 5.56 Å². The molecule has 2 N–H and O–H groups in total. The Morgan fingerprint density at radius 3 is 2.76 bits per heavy atom. The first-order valence-electron chi connectivity index (χ1n) is 5.42. The largest absolute Gasteiger partial charge is 0.369 e. The maximum Gasteiger partial charge on any atom is 0.207 e. The zero-order valence-corrected chi connectivity index (χ0v) is 9.46. The highest BCUT2D eigenvalue weighted by atomic mass is 15.2. The second kappa shape index (κ2) is 3.59. The van der Waals surface area contributed by atoms with Gasteiger partial charge in [0.05, 0.1) is 11.0 Å². The quantitative estimate of drug-likeness (QED) is 0.690. The van der Waals surface area contributed by atoms with E-state index < -0.39 is 0 Å². The van der Waals surface area contributed by atoms with Crippen LogP contribution in [0.3, 0.4) is 0 Å². The average molecular weight is 224 g/mol. The van der Waals surface area contributed by atoms with Crippen molar-refractivity contribution < 1.29 is 0 Å². The van der Waals surface area contributed by atoms with Crippen LogP contribution in [0, 0.1) is 6.92 Å². The number of anilines is 1. The van der Waals surface area contributed by atoms with Crippen molar-refractivity contribution in [2.45, 2.75) is 6.92 Å². The molecule has 17 heavy (non-hydrogen) atoms. The second-order valence-electron chi connectivity index (χ2n) is 3.94. The van der Waals surface area contributed by atoms with E-state index in [1.54, 1.807) is 6.20 Å². The second-order valence-corrected chi connectivity index (χ2v) is 3.94. The predicted molar refractivity (Wildman–Crippen MR) is 68.0 cm³/mol. The van der Waals surface area contributed by atoms with Crippen molar-refractivity contribution in [1.82, 2.24) is 14.5 Å². The van der Waals surface area contributed by atoms with Gasteiger partial charge < -0.3 is 5.73 Å². The Morgan fingerprint density at radius 2 is 1.94 bits per heavy atom. The van der Waals surface area contributed by atoms with Gasteiger partial charge in [-0.15, -0.1) is 0 Å². The Hall–Kier alpha value is -2.36. The van der Waals surface area contributed by atoms with E-state index in [4.69, 9.17) is 5.73 Å². The maximum absolute atomic E-state index is 5.97. The lowest BCUT2D eigenvalue weighted by Gasteiger charge is -2.07. The lowest BCUT2D eigenvalue weighted by molar-refractivity contribution is 1.02. The summed E-state index contributed by atoms with van der Waals surface area (Å²) < 4.78 is 1.88.